The molecule has 2 nitrogen and oxygen atoms in total. The zero-order valence-electron chi connectivity index (χ0n) is 8.14. The molecule has 74 valence electrons. The topological polar surface area (TPSA) is 12.5 Å². The molecule has 2 rings (SSSR count). The lowest BCUT2D eigenvalue weighted by Crippen LogP contribution is -2.30. The predicted octanol–water partition coefficient (Wildman–Crippen LogP) is 1.84. The SMILES string of the molecule is CN1C(=S)OCC1Cc1ccccc1. The van der Waals surface area contributed by atoms with Crippen molar-refractivity contribution in [1.82, 2.24) is 4.90 Å². The number of ether oxygens (including phenoxy) is 1. The van der Waals surface area contributed by atoms with Gasteiger partial charge in [0.25, 0.3) is 5.17 Å². The van der Waals surface area contributed by atoms with E-state index in [0.29, 0.717) is 17.8 Å². The molecule has 1 heterocycles. The Morgan fingerprint density at radius 1 is 1.43 bits per heavy atom. The number of hydrogen-bond acceptors (Lipinski definition) is 2. The van der Waals surface area contributed by atoms with Gasteiger partial charge < -0.3 is 9.64 Å². The maximum Gasteiger partial charge on any atom is 0.259 e. The molecule has 1 fully saturated rings. The van der Waals surface area contributed by atoms with Crippen LogP contribution >= 0.6 is 12.2 Å². The molecule has 1 aromatic carbocycles. The quantitative estimate of drug-likeness (QED) is 0.687. The molecule has 0 saturated carbocycles. The van der Waals surface area contributed by atoms with E-state index in [9.17, 15) is 0 Å². The van der Waals surface area contributed by atoms with Gasteiger partial charge in [0.15, 0.2) is 0 Å². The minimum Gasteiger partial charge on any atom is -0.469 e. The fraction of sp³-hybridized carbons (Fsp3) is 0.364. The van der Waals surface area contributed by atoms with Gasteiger partial charge in [-0.25, -0.2) is 0 Å². The first-order chi connectivity index (χ1) is 6.77. The van der Waals surface area contributed by atoms with Gasteiger partial charge in [-0.15, -0.1) is 0 Å². The third-order valence-corrected chi connectivity index (χ3v) is 2.95. The summed E-state index contributed by atoms with van der Waals surface area (Å²) in [5.74, 6) is 0. The van der Waals surface area contributed by atoms with E-state index in [4.69, 9.17) is 17.0 Å². The van der Waals surface area contributed by atoms with Gasteiger partial charge in [-0.05, 0) is 24.2 Å². The fourth-order valence-electron chi connectivity index (χ4n) is 1.61. The minimum atomic E-state index is 0.393. The second-order valence-corrected chi connectivity index (χ2v) is 3.88. The lowest BCUT2D eigenvalue weighted by Gasteiger charge is -2.17. The van der Waals surface area contributed by atoms with Crippen molar-refractivity contribution >= 4 is 17.4 Å². The molecule has 1 saturated heterocycles. The molecule has 1 unspecified atom stereocenters. The number of hydrogen-bond donors (Lipinski definition) is 0. The highest BCUT2D eigenvalue weighted by Crippen LogP contribution is 2.14. The summed E-state index contributed by atoms with van der Waals surface area (Å²) in [7, 11) is 1.99. The highest BCUT2D eigenvalue weighted by molar-refractivity contribution is 7.80. The molecule has 1 aliphatic rings. The molecule has 14 heavy (non-hydrogen) atoms. The molecule has 0 aromatic heterocycles. The highest BCUT2D eigenvalue weighted by atomic mass is 32.1. The molecular weight excluding hydrogens is 194 g/mol. The van der Waals surface area contributed by atoms with Crippen LogP contribution in [0.15, 0.2) is 30.3 Å². The molecule has 1 atom stereocenters. The van der Waals surface area contributed by atoms with Crippen molar-refractivity contribution in [2.75, 3.05) is 13.7 Å². The molecule has 0 amide bonds. The second-order valence-electron chi connectivity index (χ2n) is 3.53. The number of thiocarbonyl (C=S) groups is 1. The van der Waals surface area contributed by atoms with E-state index in [1.165, 1.54) is 5.56 Å². The fourth-order valence-corrected chi connectivity index (χ4v) is 1.83. The zero-order chi connectivity index (χ0) is 9.97. The molecule has 1 aliphatic heterocycles. The normalized spacial score (nSPS) is 21.1. The number of likely N-dealkylation sites (N-methyl/N-ethyl adjacent to an activating group) is 1. The van der Waals surface area contributed by atoms with Crippen LogP contribution in [0.4, 0.5) is 0 Å². The summed E-state index contributed by atoms with van der Waals surface area (Å²) in [4.78, 5) is 2.03. The summed E-state index contributed by atoms with van der Waals surface area (Å²) >= 11 is 5.04. The van der Waals surface area contributed by atoms with E-state index in [1.54, 1.807) is 0 Å². The number of rotatable bonds is 2. The van der Waals surface area contributed by atoms with Gasteiger partial charge in [-0.2, -0.15) is 0 Å². The van der Waals surface area contributed by atoms with Crippen LogP contribution in [0.25, 0.3) is 0 Å². The smallest absolute Gasteiger partial charge is 0.259 e. The average Bonchev–Trinajstić information content (AvgIpc) is 2.52. The summed E-state index contributed by atoms with van der Waals surface area (Å²) in [5, 5.41) is 0.617. The van der Waals surface area contributed by atoms with Gasteiger partial charge in [0.2, 0.25) is 0 Å². The molecule has 0 radical (unpaired) electrons. The van der Waals surface area contributed by atoms with Crippen LogP contribution in [0.1, 0.15) is 5.56 Å². The maximum absolute atomic E-state index is 5.31. The van der Waals surface area contributed by atoms with Crippen LogP contribution in [0.3, 0.4) is 0 Å². The molecule has 0 aliphatic carbocycles. The van der Waals surface area contributed by atoms with Crippen molar-refractivity contribution in [2.45, 2.75) is 12.5 Å². The Morgan fingerprint density at radius 3 is 2.71 bits per heavy atom. The standard InChI is InChI=1S/C11H13NOS/c1-12-10(8-13-11(12)14)7-9-5-3-2-4-6-9/h2-6,10H,7-8H2,1H3. The second kappa shape index (κ2) is 3.96. The van der Waals surface area contributed by atoms with Crippen molar-refractivity contribution < 1.29 is 4.74 Å². The largest absolute Gasteiger partial charge is 0.469 e. The van der Waals surface area contributed by atoms with Crippen molar-refractivity contribution in [1.29, 1.82) is 0 Å². The van der Waals surface area contributed by atoms with Crippen LogP contribution in [-0.4, -0.2) is 29.8 Å². The van der Waals surface area contributed by atoms with Crippen LogP contribution in [-0.2, 0) is 11.2 Å². The van der Waals surface area contributed by atoms with Gasteiger partial charge in [0, 0.05) is 7.05 Å². The number of benzene rings is 1. The lowest BCUT2D eigenvalue weighted by atomic mass is 10.1. The third-order valence-electron chi connectivity index (χ3n) is 2.55. The maximum atomic E-state index is 5.31. The summed E-state index contributed by atoms with van der Waals surface area (Å²) in [5.41, 5.74) is 1.33. The summed E-state index contributed by atoms with van der Waals surface area (Å²) in [6.07, 6.45) is 0.997. The van der Waals surface area contributed by atoms with E-state index in [1.807, 2.05) is 18.0 Å². The van der Waals surface area contributed by atoms with E-state index in [0.717, 1.165) is 6.42 Å². The van der Waals surface area contributed by atoms with Crippen molar-refractivity contribution in [3.63, 3.8) is 0 Å². The summed E-state index contributed by atoms with van der Waals surface area (Å²) < 4.78 is 5.31. The van der Waals surface area contributed by atoms with Gasteiger partial charge >= 0.3 is 0 Å². The summed E-state index contributed by atoms with van der Waals surface area (Å²) in [6, 6.07) is 10.8. The Morgan fingerprint density at radius 2 is 2.14 bits per heavy atom. The Hall–Kier alpha value is -1.09. The first kappa shape index (κ1) is 9.46. The first-order valence-corrected chi connectivity index (χ1v) is 5.11. The van der Waals surface area contributed by atoms with Gasteiger partial charge in [-0.1, -0.05) is 30.3 Å². The summed E-state index contributed by atoms with van der Waals surface area (Å²) in [6.45, 7) is 0.713. The Bertz CT molecular complexity index is 325. The van der Waals surface area contributed by atoms with Crippen LogP contribution in [0, 0.1) is 0 Å². The van der Waals surface area contributed by atoms with Crippen LogP contribution in [0.5, 0.6) is 0 Å². The zero-order valence-corrected chi connectivity index (χ0v) is 8.96. The molecule has 3 heteroatoms. The van der Waals surface area contributed by atoms with E-state index in [-0.39, 0.29) is 0 Å². The predicted molar refractivity (Wildman–Crippen MR) is 60.2 cm³/mol. The molecule has 1 aromatic rings. The van der Waals surface area contributed by atoms with Crippen molar-refractivity contribution in [3.05, 3.63) is 35.9 Å². The molecular formula is C11H13NOS. The van der Waals surface area contributed by atoms with E-state index in [2.05, 4.69) is 24.3 Å². The average molecular weight is 207 g/mol. The van der Waals surface area contributed by atoms with Crippen LogP contribution in [0.2, 0.25) is 0 Å². The molecule has 0 spiro atoms. The minimum absolute atomic E-state index is 0.393. The van der Waals surface area contributed by atoms with Crippen molar-refractivity contribution in [3.8, 4) is 0 Å². The first-order valence-electron chi connectivity index (χ1n) is 4.71. The Labute approximate surface area is 89.5 Å². The van der Waals surface area contributed by atoms with Gasteiger partial charge in [0.05, 0.1) is 6.04 Å². The highest BCUT2D eigenvalue weighted by Gasteiger charge is 2.26. The monoisotopic (exact) mass is 207 g/mol. The Kier molecular flexibility index (Phi) is 2.68. The van der Waals surface area contributed by atoms with Crippen LogP contribution < -0.4 is 0 Å². The molecule has 0 bridgehead atoms. The van der Waals surface area contributed by atoms with Gasteiger partial charge in [-0.3, -0.25) is 0 Å². The van der Waals surface area contributed by atoms with Gasteiger partial charge in [0.1, 0.15) is 6.61 Å². The lowest BCUT2D eigenvalue weighted by molar-refractivity contribution is 0.319. The molecule has 0 N–H and O–H groups in total. The Balaban J connectivity index is 2.02. The number of nitrogens with zero attached hydrogens (tertiary/aromatic N) is 1. The third kappa shape index (κ3) is 1.87. The van der Waals surface area contributed by atoms with Crippen molar-refractivity contribution in [2.24, 2.45) is 0 Å². The van der Waals surface area contributed by atoms with E-state index < -0.39 is 0 Å². The van der Waals surface area contributed by atoms with E-state index >= 15 is 0 Å².